The van der Waals surface area contributed by atoms with Crippen molar-refractivity contribution in [1.29, 1.82) is 0 Å². The SMILES string of the molecule is CCc1ccc(Oc2ncnc(Nc3cccc(C(C)=O)c3)c2N)cc1. The number of nitrogen functional groups attached to an aromatic ring is 1. The lowest BCUT2D eigenvalue weighted by molar-refractivity contribution is 0.101. The number of hydrogen-bond acceptors (Lipinski definition) is 6. The molecule has 0 aliphatic rings. The lowest BCUT2D eigenvalue weighted by Gasteiger charge is -2.12. The van der Waals surface area contributed by atoms with Crippen molar-refractivity contribution in [2.24, 2.45) is 0 Å². The van der Waals surface area contributed by atoms with Crippen LogP contribution in [0.15, 0.2) is 54.9 Å². The number of nitrogens with two attached hydrogens (primary N) is 1. The first kappa shape index (κ1) is 17.4. The molecule has 0 unspecified atom stereocenters. The predicted octanol–water partition coefficient (Wildman–Crippen LogP) is 4.36. The smallest absolute Gasteiger partial charge is 0.248 e. The molecule has 2 aromatic carbocycles. The van der Waals surface area contributed by atoms with Crippen molar-refractivity contribution >= 4 is 23.0 Å². The van der Waals surface area contributed by atoms with Gasteiger partial charge in [-0.2, -0.15) is 4.98 Å². The van der Waals surface area contributed by atoms with Gasteiger partial charge in [0.2, 0.25) is 5.88 Å². The Hall–Kier alpha value is -3.41. The molecule has 0 aliphatic carbocycles. The summed E-state index contributed by atoms with van der Waals surface area (Å²) in [6.07, 6.45) is 2.34. The maximum atomic E-state index is 11.5. The highest BCUT2D eigenvalue weighted by Gasteiger charge is 2.11. The number of Topliss-reactive ketones (excluding diaryl/α,β-unsaturated/α-hetero) is 1. The highest BCUT2D eigenvalue weighted by molar-refractivity contribution is 5.95. The minimum atomic E-state index is -0.0103. The first-order chi connectivity index (χ1) is 12.6. The van der Waals surface area contributed by atoms with Crippen LogP contribution in [0.3, 0.4) is 0 Å². The third kappa shape index (κ3) is 3.97. The van der Waals surface area contributed by atoms with Crippen LogP contribution in [0.1, 0.15) is 29.8 Å². The van der Waals surface area contributed by atoms with Crippen LogP contribution in [0.25, 0.3) is 0 Å². The van der Waals surface area contributed by atoms with Gasteiger partial charge in [0.15, 0.2) is 11.6 Å². The molecule has 26 heavy (non-hydrogen) atoms. The molecule has 6 nitrogen and oxygen atoms in total. The van der Waals surface area contributed by atoms with Gasteiger partial charge in [0.25, 0.3) is 0 Å². The van der Waals surface area contributed by atoms with Gasteiger partial charge in [0, 0.05) is 11.3 Å². The van der Waals surface area contributed by atoms with E-state index in [1.54, 1.807) is 18.2 Å². The summed E-state index contributed by atoms with van der Waals surface area (Å²) in [6.45, 7) is 3.62. The van der Waals surface area contributed by atoms with Crippen molar-refractivity contribution in [3.63, 3.8) is 0 Å². The van der Waals surface area contributed by atoms with Crippen LogP contribution in [0.5, 0.6) is 11.6 Å². The molecule has 0 bridgehead atoms. The Morgan fingerprint density at radius 3 is 2.62 bits per heavy atom. The average Bonchev–Trinajstić information content (AvgIpc) is 2.66. The summed E-state index contributed by atoms with van der Waals surface area (Å²) in [5.74, 6) is 1.33. The third-order valence-electron chi connectivity index (χ3n) is 3.93. The van der Waals surface area contributed by atoms with E-state index < -0.39 is 0 Å². The lowest BCUT2D eigenvalue weighted by atomic mass is 10.1. The topological polar surface area (TPSA) is 90.1 Å². The summed E-state index contributed by atoms with van der Waals surface area (Å²) >= 11 is 0. The Labute approximate surface area is 152 Å². The molecule has 6 heteroatoms. The van der Waals surface area contributed by atoms with Gasteiger partial charge in [-0.25, -0.2) is 4.98 Å². The molecule has 0 fully saturated rings. The highest BCUT2D eigenvalue weighted by Crippen LogP contribution is 2.31. The molecule has 0 radical (unpaired) electrons. The molecule has 132 valence electrons. The number of anilines is 3. The number of benzene rings is 2. The number of ketones is 1. The van der Waals surface area contributed by atoms with Crippen molar-refractivity contribution in [2.75, 3.05) is 11.1 Å². The second kappa shape index (κ2) is 7.65. The van der Waals surface area contributed by atoms with E-state index in [4.69, 9.17) is 10.5 Å². The van der Waals surface area contributed by atoms with E-state index in [-0.39, 0.29) is 11.7 Å². The van der Waals surface area contributed by atoms with Crippen LogP contribution < -0.4 is 15.8 Å². The molecular weight excluding hydrogens is 328 g/mol. The highest BCUT2D eigenvalue weighted by atomic mass is 16.5. The molecule has 1 aromatic heterocycles. The molecule has 0 spiro atoms. The summed E-state index contributed by atoms with van der Waals surface area (Å²) in [7, 11) is 0. The Morgan fingerprint density at radius 2 is 1.92 bits per heavy atom. The number of ether oxygens (including phenoxy) is 1. The molecule has 0 amide bonds. The van der Waals surface area contributed by atoms with Crippen molar-refractivity contribution in [1.82, 2.24) is 9.97 Å². The fourth-order valence-electron chi connectivity index (χ4n) is 2.42. The third-order valence-corrected chi connectivity index (χ3v) is 3.93. The number of nitrogens with one attached hydrogen (secondary N) is 1. The van der Waals surface area contributed by atoms with Crippen LogP contribution >= 0.6 is 0 Å². The number of nitrogens with zero attached hydrogens (tertiary/aromatic N) is 2. The van der Waals surface area contributed by atoms with E-state index in [1.807, 2.05) is 30.3 Å². The van der Waals surface area contributed by atoms with E-state index >= 15 is 0 Å². The zero-order chi connectivity index (χ0) is 18.5. The molecule has 0 atom stereocenters. The second-order valence-electron chi connectivity index (χ2n) is 5.80. The van der Waals surface area contributed by atoms with Gasteiger partial charge < -0.3 is 15.8 Å². The molecular formula is C20H20N4O2. The molecule has 0 saturated carbocycles. The lowest BCUT2D eigenvalue weighted by Crippen LogP contribution is -2.03. The Kier molecular flexibility index (Phi) is 5.12. The van der Waals surface area contributed by atoms with Crippen LogP contribution in [0.2, 0.25) is 0 Å². The van der Waals surface area contributed by atoms with E-state index in [0.29, 0.717) is 28.5 Å². The van der Waals surface area contributed by atoms with E-state index in [0.717, 1.165) is 6.42 Å². The van der Waals surface area contributed by atoms with Crippen LogP contribution in [0.4, 0.5) is 17.2 Å². The zero-order valence-corrected chi connectivity index (χ0v) is 14.7. The van der Waals surface area contributed by atoms with Gasteiger partial charge in [-0.1, -0.05) is 31.2 Å². The summed E-state index contributed by atoms with van der Waals surface area (Å²) in [5.41, 5.74) is 8.98. The Bertz CT molecular complexity index is 923. The summed E-state index contributed by atoms with van der Waals surface area (Å²) in [4.78, 5) is 19.8. The minimum absolute atomic E-state index is 0.0103. The number of aromatic nitrogens is 2. The van der Waals surface area contributed by atoms with Crippen molar-refractivity contribution < 1.29 is 9.53 Å². The van der Waals surface area contributed by atoms with Gasteiger partial charge in [-0.05, 0) is 43.2 Å². The average molecular weight is 348 g/mol. The Balaban J connectivity index is 1.82. The normalized spacial score (nSPS) is 10.4. The maximum Gasteiger partial charge on any atom is 0.248 e. The molecule has 1 heterocycles. The van der Waals surface area contributed by atoms with E-state index in [1.165, 1.54) is 18.8 Å². The second-order valence-corrected chi connectivity index (χ2v) is 5.80. The van der Waals surface area contributed by atoms with Crippen LogP contribution in [0, 0.1) is 0 Å². The fourth-order valence-corrected chi connectivity index (χ4v) is 2.42. The summed E-state index contributed by atoms with van der Waals surface area (Å²) in [6, 6.07) is 14.9. The molecule has 3 aromatic rings. The fraction of sp³-hybridized carbons (Fsp3) is 0.150. The van der Waals surface area contributed by atoms with Gasteiger partial charge >= 0.3 is 0 Å². The molecule has 0 saturated heterocycles. The van der Waals surface area contributed by atoms with Gasteiger partial charge in [-0.3, -0.25) is 4.79 Å². The van der Waals surface area contributed by atoms with Crippen molar-refractivity contribution in [3.8, 4) is 11.6 Å². The van der Waals surface area contributed by atoms with Crippen LogP contribution in [-0.4, -0.2) is 15.8 Å². The van der Waals surface area contributed by atoms with Gasteiger partial charge in [0.05, 0.1) is 0 Å². The number of carbonyl (C=O) groups excluding carboxylic acids is 1. The number of hydrogen-bond donors (Lipinski definition) is 2. The summed E-state index contributed by atoms with van der Waals surface area (Å²) in [5, 5.41) is 3.10. The predicted molar refractivity (Wildman–Crippen MR) is 102 cm³/mol. The molecule has 3 rings (SSSR count). The number of carbonyl (C=O) groups is 1. The Morgan fingerprint density at radius 1 is 1.15 bits per heavy atom. The zero-order valence-electron chi connectivity index (χ0n) is 14.7. The first-order valence-corrected chi connectivity index (χ1v) is 8.32. The van der Waals surface area contributed by atoms with Crippen LogP contribution in [-0.2, 0) is 6.42 Å². The van der Waals surface area contributed by atoms with Crippen molar-refractivity contribution in [2.45, 2.75) is 20.3 Å². The standard InChI is InChI=1S/C20H20N4O2/c1-3-14-7-9-17(10-8-14)26-20-18(21)19(22-12-23-20)24-16-6-4-5-15(11-16)13(2)25/h4-12H,3,21H2,1-2H3,(H,22,23,24). The summed E-state index contributed by atoms with van der Waals surface area (Å²) < 4.78 is 5.78. The molecule has 3 N–H and O–H groups in total. The largest absolute Gasteiger partial charge is 0.437 e. The quantitative estimate of drug-likeness (QED) is 0.643. The van der Waals surface area contributed by atoms with Gasteiger partial charge in [-0.15, -0.1) is 0 Å². The van der Waals surface area contributed by atoms with E-state index in [2.05, 4.69) is 22.2 Å². The molecule has 0 aliphatic heterocycles. The monoisotopic (exact) mass is 348 g/mol. The van der Waals surface area contributed by atoms with Gasteiger partial charge in [0.1, 0.15) is 17.8 Å². The first-order valence-electron chi connectivity index (χ1n) is 8.32. The maximum absolute atomic E-state index is 11.5. The minimum Gasteiger partial charge on any atom is -0.437 e. The number of rotatable bonds is 6. The number of aryl methyl sites for hydroxylation is 1. The van der Waals surface area contributed by atoms with Crippen molar-refractivity contribution in [3.05, 3.63) is 66.0 Å². The van der Waals surface area contributed by atoms with E-state index in [9.17, 15) is 4.79 Å².